The van der Waals surface area contributed by atoms with Crippen molar-refractivity contribution in [3.05, 3.63) is 23.3 Å². The lowest BCUT2D eigenvalue weighted by atomic mass is 9.65. The minimum absolute atomic E-state index is 0.107. The van der Waals surface area contributed by atoms with Crippen LogP contribution in [-0.2, 0) is 4.74 Å². The molecule has 1 aromatic rings. The van der Waals surface area contributed by atoms with Crippen molar-refractivity contribution in [2.45, 2.75) is 77.7 Å². The molecule has 4 unspecified atom stereocenters. The van der Waals surface area contributed by atoms with Gasteiger partial charge in [-0.3, -0.25) is 4.90 Å². The zero-order valence-corrected chi connectivity index (χ0v) is 17.4. The molecule has 6 heteroatoms. The highest BCUT2D eigenvalue weighted by molar-refractivity contribution is 5.93. The molecule has 27 heavy (non-hydrogen) atoms. The van der Waals surface area contributed by atoms with Crippen molar-refractivity contribution in [3.8, 4) is 5.75 Å². The van der Waals surface area contributed by atoms with E-state index in [-0.39, 0.29) is 17.3 Å². The predicted molar refractivity (Wildman–Crippen MR) is 105 cm³/mol. The lowest BCUT2D eigenvalue weighted by Crippen LogP contribution is -2.48. The van der Waals surface area contributed by atoms with E-state index in [1.807, 2.05) is 32.9 Å². The lowest BCUT2D eigenvalue weighted by molar-refractivity contribution is 0.0526. The van der Waals surface area contributed by atoms with E-state index in [0.29, 0.717) is 6.42 Å². The third-order valence-corrected chi connectivity index (χ3v) is 5.50. The van der Waals surface area contributed by atoms with Crippen LogP contribution in [0, 0.1) is 5.41 Å². The molecule has 1 amide bonds. The fourth-order valence-corrected chi connectivity index (χ4v) is 4.60. The minimum Gasteiger partial charge on any atom is -0.496 e. The summed E-state index contributed by atoms with van der Waals surface area (Å²) in [6, 6.07) is 3.73. The Morgan fingerprint density at radius 3 is 2.33 bits per heavy atom. The van der Waals surface area contributed by atoms with Crippen molar-refractivity contribution in [1.82, 2.24) is 0 Å². The number of benzene rings is 1. The Bertz CT molecular complexity index is 748. The summed E-state index contributed by atoms with van der Waals surface area (Å²) in [4.78, 5) is 14.4. The first-order valence-electron chi connectivity index (χ1n) is 9.53. The third-order valence-electron chi connectivity index (χ3n) is 5.50. The number of anilines is 1. The second kappa shape index (κ2) is 6.38. The number of nitrogens with zero attached hydrogens (tertiary/aromatic N) is 1. The van der Waals surface area contributed by atoms with Crippen LogP contribution < -0.4 is 15.4 Å². The average molecular weight is 376 g/mol. The molecule has 0 bridgehead atoms. The van der Waals surface area contributed by atoms with Gasteiger partial charge in [-0.05, 0) is 50.3 Å². The Balaban J connectivity index is 2.17. The maximum Gasteiger partial charge on any atom is 0.416 e. The SMILES string of the molecule is COc1ccc2c3c1C(C(C)(C)C)C(O)CC3C(N)N2C(=O)OC(C)(C)C. The molecule has 0 fully saturated rings. The molecule has 0 aromatic heterocycles. The molecule has 1 aromatic carbocycles. The zero-order chi connectivity index (χ0) is 20.3. The number of hydrogen-bond donors (Lipinski definition) is 2. The monoisotopic (exact) mass is 376 g/mol. The summed E-state index contributed by atoms with van der Waals surface area (Å²) in [6.07, 6.45) is -1.08. The summed E-state index contributed by atoms with van der Waals surface area (Å²) in [5.41, 5.74) is 8.44. The number of aliphatic hydroxyl groups is 1. The summed E-state index contributed by atoms with van der Waals surface area (Å²) in [6.45, 7) is 11.8. The first-order chi connectivity index (χ1) is 12.4. The van der Waals surface area contributed by atoms with Crippen LogP contribution in [0.5, 0.6) is 5.75 Å². The molecule has 150 valence electrons. The predicted octanol–water partition coefficient (Wildman–Crippen LogP) is 3.71. The fraction of sp³-hybridized carbons (Fsp3) is 0.667. The normalized spacial score (nSPS) is 27.4. The van der Waals surface area contributed by atoms with E-state index < -0.39 is 24.0 Å². The van der Waals surface area contributed by atoms with Crippen molar-refractivity contribution in [1.29, 1.82) is 0 Å². The van der Waals surface area contributed by atoms with E-state index in [0.717, 1.165) is 22.6 Å². The van der Waals surface area contributed by atoms with Crippen LogP contribution >= 0.6 is 0 Å². The Morgan fingerprint density at radius 2 is 1.81 bits per heavy atom. The highest BCUT2D eigenvalue weighted by Gasteiger charge is 2.51. The topological polar surface area (TPSA) is 85.0 Å². The molecule has 1 heterocycles. The number of hydrogen-bond acceptors (Lipinski definition) is 5. The van der Waals surface area contributed by atoms with Crippen molar-refractivity contribution < 1.29 is 19.4 Å². The van der Waals surface area contributed by atoms with Gasteiger partial charge in [0.15, 0.2) is 0 Å². The molecule has 3 N–H and O–H groups in total. The van der Waals surface area contributed by atoms with Gasteiger partial charge in [-0.25, -0.2) is 4.79 Å². The van der Waals surface area contributed by atoms with Gasteiger partial charge in [0.2, 0.25) is 0 Å². The van der Waals surface area contributed by atoms with Crippen LogP contribution in [0.3, 0.4) is 0 Å². The van der Waals surface area contributed by atoms with Gasteiger partial charge in [0.25, 0.3) is 0 Å². The Kier molecular flexibility index (Phi) is 4.72. The van der Waals surface area contributed by atoms with E-state index in [9.17, 15) is 9.90 Å². The van der Waals surface area contributed by atoms with E-state index in [2.05, 4.69) is 20.8 Å². The van der Waals surface area contributed by atoms with Gasteiger partial charge in [-0.15, -0.1) is 0 Å². The fourth-order valence-electron chi connectivity index (χ4n) is 4.60. The molecule has 0 saturated carbocycles. The van der Waals surface area contributed by atoms with E-state index in [1.54, 1.807) is 7.11 Å². The molecule has 1 aliphatic heterocycles. The maximum atomic E-state index is 12.9. The zero-order valence-electron chi connectivity index (χ0n) is 17.4. The molecule has 6 nitrogen and oxygen atoms in total. The number of rotatable bonds is 1. The molecule has 2 aliphatic rings. The van der Waals surface area contributed by atoms with Crippen LogP contribution in [-0.4, -0.2) is 36.2 Å². The molecule has 4 atom stereocenters. The van der Waals surface area contributed by atoms with Crippen molar-refractivity contribution in [2.24, 2.45) is 11.1 Å². The number of methoxy groups -OCH3 is 1. The number of nitrogens with two attached hydrogens (primary N) is 1. The summed E-state index contributed by atoms with van der Waals surface area (Å²) in [7, 11) is 1.63. The van der Waals surface area contributed by atoms with Crippen LogP contribution in [0.15, 0.2) is 12.1 Å². The van der Waals surface area contributed by atoms with Gasteiger partial charge in [0, 0.05) is 17.4 Å². The van der Waals surface area contributed by atoms with Gasteiger partial charge >= 0.3 is 6.09 Å². The van der Waals surface area contributed by atoms with Crippen molar-refractivity contribution in [2.75, 3.05) is 12.0 Å². The van der Waals surface area contributed by atoms with Gasteiger partial charge in [-0.2, -0.15) is 0 Å². The van der Waals surface area contributed by atoms with Crippen LogP contribution in [0.1, 0.15) is 70.9 Å². The molecule has 0 saturated heterocycles. The number of aliphatic hydroxyl groups excluding tert-OH is 1. The van der Waals surface area contributed by atoms with Gasteiger partial charge in [0.05, 0.1) is 25.1 Å². The molecule has 0 radical (unpaired) electrons. The average Bonchev–Trinajstić information content (AvgIpc) is 2.78. The number of amides is 1. The maximum absolute atomic E-state index is 12.9. The molecular weight excluding hydrogens is 344 g/mol. The quantitative estimate of drug-likeness (QED) is 0.780. The lowest BCUT2D eigenvalue weighted by Gasteiger charge is -2.42. The first-order valence-corrected chi connectivity index (χ1v) is 9.53. The molecule has 3 rings (SSSR count). The standard InChI is InChI=1S/C21H32N2O4/c1-20(2,3)17-13(24)10-11-15-12(8-9-14(26-7)16(15)17)23(18(11)22)19(25)27-21(4,5)6/h8-9,11,13,17-18,24H,10,22H2,1-7H3. The van der Waals surface area contributed by atoms with E-state index >= 15 is 0 Å². The van der Waals surface area contributed by atoms with Gasteiger partial charge in [-0.1, -0.05) is 20.8 Å². The molecule has 0 spiro atoms. The van der Waals surface area contributed by atoms with Crippen LogP contribution in [0.25, 0.3) is 0 Å². The molecule has 1 aliphatic carbocycles. The van der Waals surface area contributed by atoms with Crippen molar-refractivity contribution >= 4 is 11.8 Å². The Morgan fingerprint density at radius 1 is 1.19 bits per heavy atom. The molecular formula is C21H32N2O4. The second-order valence-corrected chi connectivity index (χ2v) is 9.71. The van der Waals surface area contributed by atoms with Gasteiger partial charge < -0.3 is 20.3 Å². The third kappa shape index (κ3) is 3.29. The first kappa shape index (κ1) is 20.0. The van der Waals surface area contributed by atoms with E-state index in [4.69, 9.17) is 15.2 Å². The largest absolute Gasteiger partial charge is 0.496 e. The van der Waals surface area contributed by atoms with Gasteiger partial charge in [0.1, 0.15) is 11.4 Å². The summed E-state index contributed by atoms with van der Waals surface area (Å²) in [5.74, 6) is 0.478. The Labute approximate surface area is 161 Å². The minimum atomic E-state index is -0.613. The van der Waals surface area contributed by atoms with E-state index in [1.165, 1.54) is 4.90 Å². The highest BCUT2D eigenvalue weighted by Crippen LogP contribution is 2.57. The summed E-state index contributed by atoms with van der Waals surface area (Å²) < 4.78 is 11.2. The van der Waals surface area contributed by atoms with Crippen LogP contribution in [0.2, 0.25) is 0 Å². The number of carbonyl (C=O) groups is 1. The van der Waals surface area contributed by atoms with Crippen molar-refractivity contribution in [3.63, 3.8) is 0 Å². The summed E-state index contributed by atoms with van der Waals surface area (Å²) in [5, 5.41) is 11.0. The second-order valence-electron chi connectivity index (χ2n) is 9.71. The Hall–Kier alpha value is -1.79. The summed E-state index contributed by atoms with van der Waals surface area (Å²) >= 11 is 0. The van der Waals surface area contributed by atoms with Crippen LogP contribution in [0.4, 0.5) is 10.5 Å². The highest BCUT2D eigenvalue weighted by atomic mass is 16.6. The number of carbonyl (C=O) groups excluding carboxylic acids is 1. The number of ether oxygens (including phenoxy) is 2. The smallest absolute Gasteiger partial charge is 0.416 e.